The number of fused-ring (bicyclic) bond motifs is 1. The summed E-state index contributed by atoms with van der Waals surface area (Å²) in [7, 11) is 0. The molecule has 0 aromatic heterocycles. The molecule has 2 N–H and O–H groups in total. The predicted molar refractivity (Wildman–Crippen MR) is 67.7 cm³/mol. The number of carboxylic acids is 2. The van der Waals surface area contributed by atoms with Crippen LogP contribution in [0.2, 0.25) is 5.02 Å². The van der Waals surface area contributed by atoms with Gasteiger partial charge in [0.2, 0.25) is 0 Å². The summed E-state index contributed by atoms with van der Waals surface area (Å²) >= 11 is 5.91. The van der Waals surface area contributed by atoms with Crippen LogP contribution in [-0.4, -0.2) is 28.8 Å². The number of aliphatic carboxylic acids is 2. The highest BCUT2D eigenvalue weighted by molar-refractivity contribution is 6.30. The average molecular weight is 285 g/mol. The Kier molecular flexibility index (Phi) is 3.95. The van der Waals surface area contributed by atoms with Gasteiger partial charge in [-0.15, -0.1) is 0 Å². The minimum Gasteiger partial charge on any atom is -0.493 e. The second-order valence-corrected chi connectivity index (χ2v) is 4.90. The van der Waals surface area contributed by atoms with Gasteiger partial charge in [0.05, 0.1) is 18.9 Å². The molecule has 0 radical (unpaired) electrons. The lowest BCUT2D eigenvalue weighted by Gasteiger charge is -2.29. The fraction of sp³-hybridized carbons (Fsp3) is 0.385. The molecule has 0 fully saturated rings. The van der Waals surface area contributed by atoms with Crippen molar-refractivity contribution in [3.05, 3.63) is 28.8 Å². The van der Waals surface area contributed by atoms with Crippen molar-refractivity contribution in [2.75, 3.05) is 6.61 Å². The van der Waals surface area contributed by atoms with Crippen LogP contribution in [0.15, 0.2) is 18.2 Å². The van der Waals surface area contributed by atoms with E-state index in [0.29, 0.717) is 29.4 Å². The Labute approximate surface area is 114 Å². The van der Waals surface area contributed by atoms with Gasteiger partial charge in [-0.05, 0) is 30.2 Å². The summed E-state index contributed by atoms with van der Waals surface area (Å²) in [5.74, 6) is -3.02. The monoisotopic (exact) mass is 284 g/mol. The molecule has 1 aliphatic rings. The Bertz CT molecular complexity index is 514. The van der Waals surface area contributed by atoms with Crippen LogP contribution >= 0.6 is 11.6 Å². The van der Waals surface area contributed by atoms with Crippen molar-refractivity contribution in [1.29, 1.82) is 0 Å². The van der Waals surface area contributed by atoms with E-state index in [2.05, 4.69) is 0 Å². The Balaban J connectivity index is 2.37. The quantitative estimate of drug-likeness (QED) is 0.887. The molecule has 2 atom stereocenters. The minimum atomic E-state index is -1.12. The van der Waals surface area contributed by atoms with Crippen LogP contribution in [0.5, 0.6) is 5.75 Å². The second-order valence-electron chi connectivity index (χ2n) is 4.47. The highest BCUT2D eigenvalue weighted by atomic mass is 35.5. The molecule has 0 saturated heterocycles. The van der Waals surface area contributed by atoms with Gasteiger partial charge in [0.15, 0.2) is 0 Å². The zero-order valence-corrected chi connectivity index (χ0v) is 10.8. The van der Waals surface area contributed by atoms with Crippen LogP contribution in [-0.2, 0) is 9.59 Å². The first-order valence-corrected chi connectivity index (χ1v) is 6.23. The summed E-state index contributed by atoms with van der Waals surface area (Å²) < 4.78 is 5.44. The van der Waals surface area contributed by atoms with Crippen LogP contribution in [0, 0.1) is 5.92 Å². The van der Waals surface area contributed by atoms with Crippen molar-refractivity contribution in [2.24, 2.45) is 5.92 Å². The van der Waals surface area contributed by atoms with Crippen molar-refractivity contribution in [3.63, 3.8) is 0 Å². The molecule has 102 valence electrons. The average Bonchev–Trinajstić information content (AvgIpc) is 2.35. The van der Waals surface area contributed by atoms with Crippen LogP contribution < -0.4 is 4.74 Å². The molecule has 1 heterocycles. The number of carbonyl (C=O) groups is 2. The third-order valence-corrected chi connectivity index (χ3v) is 3.49. The van der Waals surface area contributed by atoms with E-state index in [4.69, 9.17) is 21.4 Å². The summed E-state index contributed by atoms with van der Waals surface area (Å²) in [4.78, 5) is 22.1. The number of ether oxygens (including phenoxy) is 1. The van der Waals surface area contributed by atoms with E-state index in [1.54, 1.807) is 18.2 Å². The minimum absolute atomic E-state index is 0.378. The SMILES string of the molecule is O=C(O)CC(C(=O)O)C1CCOc2ccc(Cl)cc21. The first-order chi connectivity index (χ1) is 8.99. The highest BCUT2D eigenvalue weighted by Gasteiger charge is 2.35. The number of halogens is 1. The van der Waals surface area contributed by atoms with E-state index in [-0.39, 0.29) is 0 Å². The molecule has 1 aromatic rings. The predicted octanol–water partition coefficient (Wildman–Crippen LogP) is 2.38. The normalized spacial score (nSPS) is 19.1. The van der Waals surface area contributed by atoms with Gasteiger partial charge in [0.25, 0.3) is 0 Å². The summed E-state index contributed by atoms with van der Waals surface area (Å²) in [6.07, 6.45) is 0.0591. The summed E-state index contributed by atoms with van der Waals surface area (Å²) in [5, 5.41) is 18.6. The number of hydrogen-bond donors (Lipinski definition) is 2. The third-order valence-electron chi connectivity index (χ3n) is 3.26. The van der Waals surface area contributed by atoms with Gasteiger partial charge in [-0.2, -0.15) is 0 Å². The van der Waals surface area contributed by atoms with E-state index in [9.17, 15) is 14.7 Å². The maximum Gasteiger partial charge on any atom is 0.307 e. The van der Waals surface area contributed by atoms with Gasteiger partial charge in [0, 0.05) is 10.9 Å². The first-order valence-electron chi connectivity index (χ1n) is 5.86. The molecule has 2 rings (SSSR count). The van der Waals surface area contributed by atoms with E-state index in [1.807, 2.05) is 0 Å². The summed E-state index contributed by atoms with van der Waals surface area (Å²) in [5.41, 5.74) is 0.674. The van der Waals surface area contributed by atoms with E-state index >= 15 is 0 Å². The lowest BCUT2D eigenvalue weighted by atomic mass is 9.80. The van der Waals surface area contributed by atoms with Crippen molar-refractivity contribution >= 4 is 23.5 Å². The second kappa shape index (κ2) is 5.48. The van der Waals surface area contributed by atoms with Gasteiger partial charge in [0.1, 0.15) is 5.75 Å². The summed E-state index contributed by atoms with van der Waals surface area (Å²) in [6, 6.07) is 5.00. The van der Waals surface area contributed by atoms with Crippen molar-refractivity contribution in [1.82, 2.24) is 0 Å². The number of benzene rings is 1. The molecule has 5 nitrogen and oxygen atoms in total. The van der Waals surface area contributed by atoms with Crippen LogP contribution in [0.25, 0.3) is 0 Å². The third kappa shape index (κ3) is 2.98. The van der Waals surface area contributed by atoms with E-state index < -0.39 is 30.2 Å². The summed E-state index contributed by atoms with van der Waals surface area (Å²) in [6.45, 7) is 0.378. The standard InChI is InChI=1S/C13H13ClO5/c14-7-1-2-11-9(5-7)8(3-4-19-11)10(13(17)18)6-12(15)16/h1-2,5,8,10H,3-4,6H2,(H,15,16)(H,17,18). The molecule has 19 heavy (non-hydrogen) atoms. The zero-order chi connectivity index (χ0) is 14.0. The molecular formula is C13H13ClO5. The molecular weight excluding hydrogens is 272 g/mol. The van der Waals surface area contributed by atoms with Crippen molar-refractivity contribution in [3.8, 4) is 5.75 Å². The maximum atomic E-state index is 11.3. The fourth-order valence-electron chi connectivity index (χ4n) is 2.40. The molecule has 1 aromatic carbocycles. The zero-order valence-electron chi connectivity index (χ0n) is 10.0. The Morgan fingerprint density at radius 1 is 1.42 bits per heavy atom. The molecule has 0 aliphatic carbocycles. The largest absolute Gasteiger partial charge is 0.493 e. The lowest BCUT2D eigenvalue weighted by Crippen LogP contribution is -2.28. The maximum absolute atomic E-state index is 11.3. The molecule has 6 heteroatoms. The van der Waals surface area contributed by atoms with Crippen molar-refractivity contribution in [2.45, 2.75) is 18.8 Å². The van der Waals surface area contributed by atoms with Gasteiger partial charge in [-0.3, -0.25) is 9.59 Å². The molecule has 1 aliphatic heterocycles. The smallest absolute Gasteiger partial charge is 0.307 e. The van der Waals surface area contributed by atoms with E-state index in [0.717, 1.165) is 0 Å². The Hall–Kier alpha value is -1.75. The number of rotatable bonds is 4. The highest BCUT2D eigenvalue weighted by Crippen LogP contribution is 2.40. The molecule has 0 amide bonds. The fourth-order valence-corrected chi connectivity index (χ4v) is 2.58. The molecule has 2 unspecified atom stereocenters. The first kappa shape index (κ1) is 13.7. The molecule has 0 saturated carbocycles. The van der Waals surface area contributed by atoms with Crippen LogP contribution in [0.4, 0.5) is 0 Å². The Morgan fingerprint density at radius 2 is 2.16 bits per heavy atom. The van der Waals surface area contributed by atoms with Crippen molar-refractivity contribution < 1.29 is 24.5 Å². The molecule has 0 spiro atoms. The lowest BCUT2D eigenvalue weighted by molar-refractivity contribution is -0.149. The van der Waals surface area contributed by atoms with Gasteiger partial charge >= 0.3 is 11.9 Å². The topological polar surface area (TPSA) is 83.8 Å². The van der Waals surface area contributed by atoms with Gasteiger partial charge in [-0.25, -0.2) is 0 Å². The van der Waals surface area contributed by atoms with Crippen LogP contribution in [0.1, 0.15) is 24.3 Å². The number of carboxylic acid groups (broad SMARTS) is 2. The van der Waals surface area contributed by atoms with Gasteiger partial charge < -0.3 is 14.9 Å². The van der Waals surface area contributed by atoms with Gasteiger partial charge in [-0.1, -0.05) is 11.6 Å². The number of hydrogen-bond acceptors (Lipinski definition) is 3. The Morgan fingerprint density at radius 3 is 2.79 bits per heavy atom. The molecule has 0 bridgehead atoms. The van der Waals surface area contributed by atoms with Crippen LogP contribution in [0.3, 0.4) is 0 Å². The van der Waals surface area contributed by atoms with E-state index in [1.165, 1.54) is 0 Å².